The van der Waals surface area contributed by atoms with Crippen LogP contribution in [0.15, 0.2) is 0 Å². The molecule has 0 aliphatic heterocycles. The van der Waals surface area contributed by atoms with Gasteiger partial charge in [-0.05, 0) is 53.4 Å². The quantitative estimate of drug-likeness (QED) is 0.670. The zero-order valence-electron chi connectivity index (χ0n) is 9.32. The van der Waals surface area contributed by atoms with Crippen LogP contribution in [0.2, 0.25) is 0 Å². The Hall–Kier alpha value is -0.530. The van der Waals surface area contributed by atoms with E-state index in [0.29, 0.717) is 0 Å². The first-order valence-corrected chi connectivity index (χ1v) is 5.08. The lowest BCUT2D eigenvalue weighted by molar-refractivity contribution is -0.131. The zero-order chi connectivity index (χ0) is 10.7. The SMILES string of the molecule is CC(C)N(C(=O)[C]1[CH][CH][CH][CH]1)C(C)C. The van der Waals surface area contributed by atoms with Crippen molar-refractivity contribution in [2.24, 2.45) is 0 Å². The fourth-order valence-corrected chi connectivity index (χ4v) is 1.73. The molecule has 0 bridgehead atoms. The van der Waals surface area contributed by atoms with Crippen molar-refractivity contribution in [2.75, 3.05) is 0 Å². The summed E-state index contributed by atoms with van der Waals surface area (Å²) >= 11 is 0. The highest BCUT2D eigenvalue weighted by Gasteiger charge is 2.31. The Morgan fingerprint density at radius 2 is 1.50 bits per heavy atom. The van der Waals surface area contributed by atoms with Crippen LogP contribution in [0, 0.1) is 31.6 Å². The Morgan fingerprint density at radius 1 is 1.07 bits per heavy atom. The van der Waals surface area contributed by atoms with Gasteiger partial charge in [-0.1, -0.05) is 0 Å². The van der Waals surface area contributed by atoms with Gasteiger partial charge < -0.3 is 4.90 Å². The lowest BCUT2D eigenvalue weighted by atomic mass is 10.0. The van der Waals surface area contributed by atoms with Crippen molar-refractivity contribution in [1.29, 1.82) is 0 Å². The fraction of sp³-hybridized carbons (Fsp3) is 0.500. The summed E-state index contributed by atoms with van der Waals surface area (Å²) < 4.78 is 0. The number of hydrogen-bond donors (Lipinski definition) is 0. The summed E-state index contributed by atoms with van der Waals surface area (Å²) in [7, 11) is 0. The van der Waals surface area contributed by atoms with Gasteiger partial charge >= 0.3 is 0 Å². The predicted molar refractivity (Wildman–Crippen MR) is 57.6 cm³/mol. The van der Waals surface area contributed by atoms with E-state index < -0.39 is 0 Å². The number of carbonyl (C=O) groups excluding carboxylic acids is 1. The van der Waals surface area contributed by atoms with Crippen LogP contribution in [0.3, 0.4) is 0 Å². The highest BCUT2D eigenvalue weighted by Crippen LogP contribution is 2.26. The largest absolute Gasteiger partial charge is 0.337 e. The number of rotatable bonds is 3. The van der Waals surface area contributed by atoms with Crippen molar-refractivity contribution in [3.63, 3.8) is 0 Å². The minimum Gasteiger partial charge on any atom is -0.337 e. The fourth-order valence-electron chi connectivity index (χ4n) is 1.73. The van der Waals surface area contributed by atoms with Crippen LogP contribution in [-0.2, 0) is 4.79 Å². The summed E-state index contributed by atoms with van der Waals surface area (Å²) in [6.07, 6.45) is 7.51. The average Bonchev–Trinajstić information content (AvgIpc) is 2.53. The summed E-state index contributed by atoms with van der Waals surface area (Å²) in [5.74, 6) is 0.910. The van der Waals surface area contributed by atoms with Gasteiger partial charge in [-0.2, -0.15) is 0 Å². The van der Waals surface area contributed by atoms with Gasteiger partial charge in [0.05, 0.1) is 5.92 Å². The Bertz CT molecular complexity index is 184. The first kappa shape index (κ1) is 11.5. The average molecular weight is 192 g/mol. The molecule has 0 atom stereocenters. The summed E-state index contributed by atoms with van der Waals surface area (Å²) in [4.78, 5) is 13.9. The highest BCUT2D eigenvalue weighted by molar-refractivity contribution is 5.96. The topological polar surface area (TPSA) is 20.3 Å². The first-order valence-electron chi connectivity index (χ1n) is 5.08. The Morgan fingerprint density at radius 3 is 1.86 bits per heavy atom. The third kappa shape index (κ3) is 2.49. The third-order valence-electron chi connectivity index (χ3n) is 2.26. The molecule has 0 heterocycles. The first-order chi connectivity index (χ1) is 6.54. The molecule has 2 nitrogen and oxygen atoms in total. The van der Waals surface area contributed by atoms with E-state index >= 15 is 0 Å². The second-order valence-corrected chi connectivity index (χ2v) is 4.07. The second kappa shape index (κ2) is 4.81. The maximum absolute atomic E-state index is 12.0. The van der Waals surface area contributed by atoms with Crippen LogP contribution in [0.25, 0.3) is 0 Å². The lowest BCUT2D eigenvalue weighted by Crippen LogP contribution is -2.44. The van der Waals surface area contributed by atoms with Crippen molar-refractivity contribution in [2.45, 2.75) is 39.8 Å². The molecule has 0 N–H and O–H groups in total. The molecule has 14 heavy (non-hydrogen) atoms. The molecule has 0 aromatic carbocycles. The standard InChI is InChI=1S/C12H18NO/c1-9(2)13(10(3)4)12(14)11-7-5-6-8-11/h5-10H,1-4H3. The molecule has 1 amide bonds. The molecular weight excluding hydrogens is 174 g/mol. The lowest BCUT2D eigenvalue weighted by Gasteiger charge is -2.32. The minimum absolute atomic E-state index is 0.125. The molecule has 5 radical (unpaired) electrons. The molecule has 1 fully saturated rings. The molecular formula is C12H18NO. The van der Waals surface area contributed by atoms with E-state index in [9.17, 15) is 4.79 Å². The van der Waals surface area contributed by atoms with Gasteiger partial charge in [-0.15, -0.1) is 0 Å². The molecule has 0 unspecified atom stereocenters. The maximum atomic E-state index is 12.0. The van der Waals surface area contributed by atoms with Crippen molar-refractivity contribution in [3.05, 3.63) is 31.6 Å². The van der Waals surface area contributed by atoms with Gasteiger partial charge in [0.25, 0.3) is 0 Å². The van der Waals surface area contributed by atoms with E-state index in [4.69, 9.17) is 0 Å². The van der Waals surface area contributed by atoms with Crippen LogP contribution in [0.1, 0.15) is 27.7 Å². The zero-order valence-corrected chi connectivity index (χ0v) is 9.32. The highest BCUT2D eigenvalue weighted by atomic mass is 16.2. The summed E-state index contributed by atoms with van der Waals surface area (Å²) in [5, 5.41) is 0. The third-order valence-corrected chi connectivity index (χ3v) is 2.26. The van der Waals surface area contributed by atoms with Gasteiger partial charge in [0, 0.05) is 12.1 Å². The van der Waals surface area contributed by atoms with Gasteiger partial charge in [0.15, 0.2) is 0 Å². The van der Waals surface area contributed by atoms with Gasteiger partial charge in [0.1, 0.15) is 0 Å². The smallest absolute Gasteiger partial charge is 0.230 e. The predicted octanol–water partition coefficient (Wildman–Crippen LogP) is 2.04. The van der Waals surface area contributed by atoms with E-state index in [1.54, 1.807) is 0 Å². The maximum Gasteiger partial charge on any atom is 0.230 e. The van der Waals surface area contributed by atoms with Crippen LogP contribution in [0.5, 0.6) is 0 Å². The minimum atomic E-state index is 0.125. The second-order valence-electron chi connectivity index (χ2n) is 4.07. The number of carbonyl (C=O) groups is 1. The summed E-state index contributed by atoms with van der Waals surface area (Å²) in [6, 6.07) is 0.495. The Labute approximate surface area is 87.7 Å². The van der Waals surface area contributed by atoms with Gasteiger partial charge in [-0.3, -0.25) is 4.79 Å². The van der Waals surface area contributed by atoms with E-state index in [-0.39, 0.29) is 18.0 Å². The molecule has 0 aromatic rings. The molecule has 77 valence electrons. The van der Waals surface area contributed by atoms with Crippen LogP contribution in [-0.4, -0.2) is 22.9 Å². The van der Waals surface area contributed by atoms with Crippen molar-refractivity contribution in [3.8, 4) is 0 Å². The van der Waals surface area contributed by atoms with E-state index in [0.717, 1.165) is 5.92 Å². The normalized spacial score (nSPS) is 18.1. The molecule has 1 aliphatic rings. The monoisotopic (exact) mass is 192 g/mol. The molecule has 0 aromatic heterocycles. The van der Waals surface area contributed by atoms with E-state index in [1.165, 1.54) is 0 Å². The van der Waals surface area contributed by atoms with Gasteiger partial charge in [-0.25, -0.2) is 0 Å². The molecule has 0 saturated heterocycles. The van der Waals surface area contributed by atoms with E-state index in [1.807, 2.05) is 58.3 Å². The van der Waals surface area contributed by atoms with Crippen molar-refractivity contribution < 1.29 is 4.79 Å². The van der Waals surface area contributed by atoms with Crippen molar-refractivity contribution in [1.82, 2.24) is 4.90 Å². The number of nitrogens with zero attached hydrogens (tertiary/aromatic N) is 1. The molecule has 1 saturated carbocycles. The van der Waals surface area contributed by atoms with Crippen molar-refractivity contribution >= 4 is 5.91 Å². The molecule has 2 heteroatoms. The molecule has 0 spiro atoms. The number of amides is 1. The number of hydrogen-bond acceptors (Lipinski definition) is 1. The summed E-state index contributed by atoms with van der Waals surface area (Å²) in [6.45, 7) is 8.17. The van der Waals surface area contributed by atoms with E-state index in [2.05, 4.69) is 0 Å². The Kier molecular flexibility index (Phi) is 3.97. The molecule has 1 aliphatic carbocycles. The van der Waals surface area contributed by atoms with Crippen LogP contribution < -0.4 is 0 Å². The summed E-state index contributed by atoms with van der Waals surface area (Å²) in [5.41, 5.74) is 0. The molecule has 1 rings (SSSR count). The Balaban J connectivity index is 2.62. The van der Waals surface area contributed by atoms with Gasteiger partial charge in [0.2, 0.25) is 5.91 Å². The van der Waals surface area contributed by atoms with Crippen LogP contribution >= 0.6 is 0 Å². The van der Waals surface area contributed by atoms with Crippen LogP contribution in [0.4, 0.5) is 0 Å².